The summed E-state index contributed by atoms with van der Waals surface area (Å²) in [7, 11) is 1.83. The van der Waals surface area contributed by atoms with E-state index in [9.17, 15) is 4.79 Å². The van der Waals surface area contributed by atoms with Crippen molar-refractivity contribution in [2.24, 2.45) is 7.05 Å². The van der Waals surface area contributed by atoms with Crippen molar-refractivity contribution in [3.05, 3.63) is 41.7 Å². The van der Waals surface area contributed by atoms with Gasteiger partial charge in [0.15, 0.2) is 0 Å². The maximum Gasteiger partial charge on any atom is 0.259 e. The second-order valence-electron chi connectivity index (χ2n) is 5.77. The van der Waals surface area contributed by atoms with Crippen LogP contribution in [0.4, 0.5) is 5.69 Å². The summed E-state index contributed by atoms with van der Waals surface area (Å²) in [6, 6.07) is 8.13. The SMILES string of the molecule is Cc1c(C(=O)Nc2ccc(SC3CCCC3)cc2)cnn1C. The Morgan fingerprint density at radius 3 is 2.55 bits per heavy atom. The van der Waals surface area contributed by atoms with Crippen LogP contribution in [0.25, 0.3) is 0 Å². The van der Waals surface area contributed by atoms with Gasteiger partial charge in [0.05, 0.1) is 11.8 Å². The lowest BCUT2D eigenvalue weighted by molar-refractivity contribution is 0.102. The lowest BCUT2D eigenvalue weighted by Crippen LogP contribution is -2.12. The molecule has 1 aromatic carbocycles. The lowest BCUT2D eigenvalue weighted by atomic mass is 10.2. The Hall–Kier alpha value is -1.75. The van der Waals surface area contributed by atoms with Crippen molar-refractivity contribution >= 4 is 23.4 Å². The zero-order valence-electron chi connectivity index (χ0n) is 13.0. The summed E-state index contributed by atoms with van der Waals surface area (Å²) in [4.78, 5) is 13.5. The Bertz CT molecular complexity index is 657. The number of hydrogen-bond acceptors (Lipinski definition) is 3. The second kappa shape index (κ2) is 6.57. The summed E-state index contributed by atoms with van der Waals surface area (Å²) in [6.07, 6.45) is 6.97. The molecule has 1 aliphatic carbocycles. The van der Waals surface area contributed by atoms with Gasteiger partial charge in [0.2, 0.25) is 0 Å². The minimum absolute atomic E-state index is 0.109. The van der Waals surface area contributed by atoms with Crippen LogP contribution in [0.2, 0.25) is 0 Å². The van der Waals surface area contributed by atoms with Crippen LogP contribution in [-0.4, -0.2) is 20.9 Å². The normalized spacial score (nSPS) is 15.2. The van der Waals surface area contributed by atoms with Crippen molar-refractivity contribution in [3.8, 4) is 0 Å². The van der Waals surface area contributed by atoms with Crippen LogP contribution in [0.1, 0.15) is 41.7 Å². The molecule has 116 valence electrons. The summed E-state index contributed by atoms with van der Waals surface area (Å²) < 4.78 is 1.70. The highest BCUT2D eigenvalue weighted by Gasteiger charge is 2.16. The topological polar surface area (TPSA) is 46.9 Å². The summed E-state index contributed by atoms with van der Waals surface area (Å²) in [5.41, 5.74) is 2.31. The Balaban J connectivity index is 1.63. The van der Waals surface area contributed by atoms with E-state index in [4.69, 9.17) is 0 Å². The van der Waals surface area contributed by atoms with Crippen LogP contribution in [0, 0.1) is 6.92 Å². The molecule has 1 fully saturated rings. The first-order valence-electron chi connectivity index (χ1n) is 7.70. The molecule has 2 aromatic rings. The van der Waals surface area contributed by atoms with Crippen molar-refractivity contribution in [3.63, 3.8) is 0 Å². The molecule has 1 aromatic heterocycles. The Labute approximate surface area is 135 Å². The summed E-state index contributed by atoms with van der Waals surface area (Å²) in [5.74, 6) is -0.109. The number of nitrogens with one attached hydrogen (secondary N) is 1. The minimum Gasteiger partial charge on any atom is -0.322 e. The summed E-state index contributed by atoms with van der Waals surface area (Å²) >= 11 is 1.95. The van der Waals surface area contributed by atoms with Crippen LogP contribution in [-0.2, 0) is 7.05 Å². The van der Waals surface area contributed by atoms with E-state index in [0.717, 1.165) is 16.6 Å². The molecule has 0 saturated heterocycles. The van der Waals surface area contributed by atoms with Gasteiger partial charge >= 0.3 is 0 Å². The van der Waals surface area contributed by atoms with Crippen molar-refractivity contribution in [2.45, 2.75) is 42.8 Å². The standard InChI is InChI=1S/C17H21N3OS/c1-12-16(11-18-20(12)2)17(21)19-13-7-9-15(10-8-13)22-14-5-3-4-6-14/h7-11,14H,3-6H2,1-2H3,(H,19,21). The van der Waals surface area contributed by atoms with Crippen LogP contribution in [0.5, 0.6) is 0 Å². The molecule has 0 unspecified atom stereocenters. The second-order valence-corrected chi connectivity index (χ2v) is 7.14. The smallest absolute Gasteiger partial charge is 0.259 e. The number of carbonyl (C=O) groups is 1. The Kier molecular flexibility index (Phi) is 4.52. The van der Waals surface area contributed by atoms with Gasteiger partial charge in [-0.15, -0.1) is 11.8 Å². The van der Waals surface area contributed by atoms with E-state index < -0.39 is 0 Å². The zero-order valence-corrected chi connectivity index (χ0v) is 13.8. The first-order chi connectivity index (χ1) is 10.6. The molecular weight excluding hydrogens is 294 g/mol. The third-order valence-electron chi connectivity index (χ3n) is 4.20. The van der Waals surface area contributed by atoms with Crippen molar-refractivity contribution in [1.82, 2.24) is 9.78 Å². The highest BCUT2D eigenvalue weighted by atomic mass is 32.2. The van der Waals surface area contributed by atoms with E-state index in [1.54, 1.807) is 10.9 Å². The highest BCUT2D eigenvalue weighted by molar-refractivity contribution is 8.00. The van der Waals surface area contributed by atoms with Crippen LogP contribution in [0.15, 0.2) is 35.4 Å². The molecule has 1 N–H and O–H groups in total. The number of carbonyl (C=O) groups excluding carboxylic acids is 1. The number of hydrogen-bond donors (Lipinski definition) is 1. The summed E-state index contributed by atoms with van der Waals surface area (Å²) in [6.45, 7) is 1.89. The summed E-state index contributed by atoms with van der Waals surface area (Å²) in [5, 5.41) is 7.80. The number of rotatable bonds is 4. The molecule has 3 rings (SSSR count). The van der Waals surface area contributed by atoms with Crippen molar-refractivity contribution in [1.29, 1.82) is 0 Å². The first kappa shape index (κ1) is 15.2. The van der Waals surface area contributed by atoms with Gasteiger partial charge < -0.3 is 5.32 Å². The van der Waals surface area contributed by atoms with E-state index in [-0.39, 0.29) is 5.91 Å². The fourth-order valence-electron chi connectivity index (χ4n) is 2.74. The van der Waals surface area contributed by atoms with Gasteiger partial charge in [-0.05, 0) is 44.0 Å². The van der Waals surface area contributed by atoms with Crippen LogP contribution in [0.3, 0.4) is 0 Å². The van der Waals surface area contributed by atoms with Crippen molar-refractivity contribution < 1.29 is 4.79 Å². The fourth-order valence-corrected chi connectivity index (χ4v) is 3.98. The fraction of sp³-hybridized carbons (Fsp3) is 0.412. The molecule has 22 heavy (non-hydrogen) atoms. The molecule has 0 bridgehead atoms. The molecule has 1 aliphatic rings. The molecule has 0 aliphatic heterocycles. The lowest BCUT2D eigenvalue weighted by Gasteiger charge is -2.10. The molecular formula is C17H21N3OS. The van der Waals surface area contributed by atoms with Gasteiger partial charge in [-0.1, -0.05) is 12.8 Å². The molecule has 5 heteroatoms. The third kappa shape index (κ3) is 3.35. The van der Waals surface area contributed by atoms with Gasteiger partial charge in [-0.2, -0.15) is 5.10 Å². The van der Waals surface area contributed by atoms with E-state index in [2.05, 4.69) is 22.5 Å². The van der Waals surface area contributed by atoms with Gasteiger partial charge in [0, 0.05) is 28.6 Å². The number of thioether (sulfide) groups is 1. The number of anilines is 1. The first-order valence-corrected chi connectivity index (χ1v) is 8.58. The maximum atomic E-state index is 12.2. The Morgan fingerprint density at radius 1 is 1.27 bits per heavy atom. The van der Waals surface area contributed by atoms with Gasteiger partial charge in [-0.25, -0.2) is 0 Å². The third-order valence-corrected chi connectivity index (χ3v) is 5.55. The minimum atomic E-state index is -0.109. The van der Waals surface area contributed by atoms with E-state index in [1.165, 1.54) is 30.6 Å². The molecule has 0 spiro atoms. The number of amides is 1. The monoisotopic (exact) mass is 315 g/mol. The molecule has 1 amide bonds. The number of nitrogens with zero attached hydrogens (tertiary/aromatic N) is 2. The molecule has 1 heterocycles. The highest BCUT2D eigenvalue weighted by Crippen LogP contribution is 2.34. The molecule has 1 saturated carbocycles. The predicted molar refractivity (Wildman–Crippen MR) is 90.5 cm³/mol. The Morgan fingerprint density at radius 2 is 1.95 bits per heavy atom. The number of aryl methyl sites for hydroxylation is 1. The van der Waals surface area contributed by atoms with Crippen LogP contribution < -0.4 is 5.32 Å². The average Bonchev–Trinajstić information content (AvgIpc) is 3.12. The van der Waals surface area contributed by atoms with E-state index in [1.807, 2.05) is 37.9 Å². The number of benzene rings is 1. The molecule has 4 nitrogen and oxygen atoms in total. The largest absolute Gasteiger partial charge is 0.322 e. The van der Waals surface area contributed by atoms with Crippen molar-refractivity contribution in [2.75, 3.05) is 5.32 Å². The van der Waals surface area contributed by atoms with Gasteiger partial charge in [0.25, 0.3) is 5.91 Å². The van der Waals surface area contributed by atoms with Crippen LogP contribution >= 0.6 is 11.8 Å². The number of aromatic nitrogens is 2. The molecule has 0 radical (unpaired) electrons. The van der Waals surface area contributed by atoms with E-state index in [0.29, 0.717) is 5.56 Å². The maximum absolute atomic E-state index is 12.2. The molecule has 0 atom stereocenters. The quantitative estimate of drug-likeness (QED) is 0.927. The average molecular weight is 315 g/mol. The van der Waals surface area contributed by atoms with Gasteiger partial charge in [-0.3, -0.25) is 9.48 Å². The predicted octanol–water partition coefficient (Wildman–Crippen LogP) is 4.02. The van der Waals surface area contributed by atoms with Gasteiger partial charge in [0.1, 0.15) is 0 Å². The zero-order chi connectivity index (χ0) is 15.5. The van der Waals surface area contributed by atoms with E-state index >= 15 is 0 Å².